The van der Waals surface area contributed by atoms with E-state index in [4.69, 9.17) is 4.42 Å². The maximum Gasteiger partial charge on any atom is 0.148 e. The van der Waals surface area contributed by atoms with Gasteiger partial charge in [-0.25, -0.2) is 0 Å². The number of aliphatic hydroxyl groups excluding tert-OH is 1. The molecule has 0 aliphatic heterocycles. The van der Waals surface area contributed by atoms with Gasteiger partial charge in [0.15, 0.2) is 0 Å². The Hall–Kier alpha value is -1.58. The maximum absolute atomic E-state index is 10.4. The highest BCUT2D eigenvalue weighted by molar-refractivity contribution is 9.10. The Balaban J connectivity index is 1.89. The molecule has 1 heterocycles. The van der Waals surface area contributed by atoms with Crippen LogP contribution in [0.2, 0.25) is 0 Å². The van der Waals surface area contributed by atoms with Gasteiger partial charge in [-0.1, -0.05) is 41.5 Å². The molecule has 3 aromatic rings. The van der Waals surface area contributed by atoms with Crippen LogP contribution in [0, 0.1) is 13.8 Å². The van der Waals surface area contributed by atoms with Gasteiger partial charge >= 0.3 is 0 Å². The number of benzene rings is 2. The van der Waals surface area contributed by atoms with Crippen LogP contribution in [0.25, 0.3) is 11.0 Å². The minimum absolute atomic E-state index is 0.556. The van der Waals surface area contributed by atoms with E-state index in [2.05, 4.69) is 48.0 Å². The lowest BCUT2D eigenvalue weighted by molar-refractivity contribution is 0.152. The van der Waals surface area contributed by atoms with Crippen molar-refractivity contribution in [3.05, 3.63) is 69.4 Å². The van der Waals surface area contributed by atoms with Gasteiger partial charge in [-0.3, -0.25) is 0 Å². The predicted molar refractivity (Wildman–Crippen MR) is 88.5 cm³/mol. The first-order valence-electron chi connectivity index (χ1n) is 6.96. The van der Waals surface area contributed by atoms with Crippen LogP contribution in [-0.4, -0.2) is 5.11 Å². The number of furan rings is 1. The van der Waals surface area contributed by atoms with E-state index in [0.717, 1.165) is 21.0 Å². The van der Waals surface area contributed by atoms with Gasteiger partial charge in [-0.15, -0.1) is 0 Å². The molecule has 2 nitrogen and oxygen atoms in total. The van der Waals surface area contributed by atoms with Crippen LogP contribution >= 0.6 is 15.9 Å². The summed E-state index contributed by atoms with van der Waals surface area (Å²) in [5.41, 5.74) is 4.33. The zero-order valence-corrected chi connectivity index (χ0v) is 13.6. The Morgan fingerprint density at radius 2 is 1.81 bits per heavy atom. The van der Waals surface area contributed by atoms with Crippen LogP contribution in [0.3, 0.4) is 0 Å². The molecule has 0 spiro atoms. The van der Waals surface area contributed by atoms with Crippen LogP contribution in [0.1, 0.15) is 28.6 Å². The third-order valence-electron chi connectivity index (χ3n) is 3.55. The fraction of sp³-hybridized carbons (Fsp3) is 0.222. The Morgan fingerprint density at radius 1 is 1.10 bits per heavy atom. The SMILES string of the molecule is Cc1cc(C)cc(CC(O)c2cc3cccc(Br)c3o2)c1. The summed E-state index contributed by atoms with van der Waals surface area (Å²) < 4.78 is 6.70. The Labute approximate surface area is 132 Å². The van der Waals surface area contributed by atoms with E-state index in [1.54, 1.807) is 0 Å². The summed E-state index contributed by atoms with van der Waals surface area (Å²) in [6, 6.07) is 14.1. The second-order valence-corrected chi connectivity index (χ2v) is 6.38. The molecule has 3 rings (SSSR count). The van der Waals surface area contributed by atoms with Gasteiger partial charge < -0.3 is 9.52 Å². The molecule has 1 N–H and O–H groups in total. The highest BCUT2D eigenvalue weighted by Crippen LogP contribution is 2.31. The zero-order valence-electron chi connectivity index (χ0n) is 12.1. The Kier molecular flexibility index (Phi) is 3.87. The lowest BCUT2D eigenvalue weighted by Gasteiger charge is -2.09. The van der Waals surface area contributed by atoms with E-state index in [0.29, 0.717) is 12.2 Å². The van der Waals surface area contributed by atoms with Gasteiger partial charge in [0.05, 0.1) is 4.47 Å². The van der Waals surface area contributed by atoms with E-state index in [1.807, 2.05) is 24.3 Å². The van der Waals surface area contributed by atoms with Crippen LogP contribution in [0.4, 0.5) is 0 Å². The summed E-state index contributed by atoms with van der Waals surface area (Å²) >= 11 is 3.47. The minimum Gasteiger partial charge on any atom is -0.457 e. The number of hydrogen-bond acceptors (Lipinski definition) is 2. The molecule has 0 aliphatic rings. The van der Waals surface area contributed by atoms with Crippen molar-refractivity contribution in [3.8, 4) is 0 Å². The van der Waals surface area contributed by atoms with Crippen molar-refractivity contribution in [1.29, 1.82) is 0 Å². The monoisotopic (exact) mass is 344 g/mol. The van der Waals surface area contributed by atoms with Crippen molar-refractivity contribution in [1.82, 2.24) is 0 Å². The topological polar surface area (TPSA) is 33.4 Å². The van der Waals surface area contributed by atoms with Gasteiger partial charge in [0, 0.05) is 11.8 Å². The van der Waals surface area contributed by atoms with Crippen LogP contribution < -0.4 is 0 Å². The zero-order chi connectivity index (χ0) is 15.0. The largest absolute Gasteiger partial charge is 0.457 e. The number of halogens is 1. The molecule has 0 amide bonds. The molecule has 1 atom stereocenters. The van der Waals surface area contributed by atoms with Gasteiger partial charge in [-0.2, -0.15) is 0 Å². The van der Waals surface area contributed by atoms with Crippen molar-refractivity contribution in [3.63, 3.8) is 0 Å². The summed E-state index contributed by atoms with van der Waals surface area (Å²) in [6.07, 6.45) is -0.0783. The second-order valence-electron chi connectivity index (χ2n) is 5.52. The van der Waals surface area contributed by atoms with Crippen molar-refractivity contribution < 1.29 is 9.52 Å². The molecule has 1 unspecified atom stereocenters. The first-order chi connectivity index (χ1) is 10.0. The number of hydrogen-bond donors (Lipinski definition) is 1. The number of aryl methyl sites for hydroxylation is 2. The fourth-order valence-electron chi connectivity index (χ4n) is 2.72. The van der Waals surface area contributed by atoms with Gasteiger partial charge in [0.2, 0.25) is 0 Å². The Bertz CT molecular complexity index is 769. The van der Waals surface area contributed by atoms with Crippen molar-refractivity contribution in [2.24, 2.45) is 0 Å². The Morgan fingerprint density at radius 3 is 2.48 bits per heavy atom. The normalized spacial score (nSPS) is 12.8. The van der Waals surface area contributed by atoms with E-state index in [9.17, 15) is 5.11 Å². The first kappa shape index (κ1) is 14.4. The van der Waals surface area contributed by atoms with Gasteiger partial charge in [0.25, 0.3) is 0 Å². The number of rotatable bonds is 3. The molecule has 108 valence electrons. The van der Waals surface area contributed by atoms with E-state index < -0.39 is 6.10 Å². The third-order valence-corrected chi connectivity index (χ3v) is 4.18. The molecule has 3 heteroatoms. The second kappa shape index (κ2) is 5.66. The molecule has 0 fully saturated rings. The maximum atomic E-state index is 10.4. The third kappa shape index (κ3) is 3.04. The highest BCUT2D eigenvalue weighted by atomic mass is 79.9. The molecule has 0 aliphatic carbocycles. The lowest BCUT2D eigenvalue weighted by atomic mass is 10.0. The fourth-order valence-corrected chi connectivity index (χ4v) is 3.18. The van der Waals surface area contributed by atoms with Crippen LogP contribution in [0.5, 0.6) is 0 Å². The smallest absolute Gasteiger partial charge is 0.148 e. The molecule has 0 saturated carbocycles. The van der Waals surface area contributed by atoms with Crippen molar-refractivity contribution >= 4 is 26.9 Å². The number of aliphatic hydroxyl groups is 1. The van der Waals surface area contributed by atoms with Gasteiger partial charge in [0.1, 0.15) is 17.4 Å². The summed E-state index contributed by atoms with van der Waals surface area (Å²) in [5, 5.41) is 11.4. The molecule has 0 radical (unpaired) electrons. The molecule has 1 aromatic heterocycles. The molecular weight excluding hydrogens is 328 g/mol. The quantitative estimate of drug-likeness (QED) is 0.717. The predicted octanol–water partition coefficient (Wildman–Crippen LogP) is 5.09. The van der Waals surface area contributed by atoms with Gasteiger partial charge in [-0.05, 0) is 47.5 Å². The molecular formula is C18H17BrO2. The number of para-hydroxylation sites is 1. The minimum atomic E-state index is -0.634. The van der Waals surface area contributed by atoms with E-state index >= 15 is 0 Å². The van der Waals surface area contributed by atoms with Crippen LogP contribution in [-0.2, 0) is 6.42 Å². The molecule has 21 heavy (non-hydrogen) atoms. The highest BCUT2D eigenvalue weighted by Gasteiger charge is 2.15. The molecule has 2 aromatic carbocycles. The summed E-state index contributed by atoms with van der Waals surface area (Å²) in [5.74, 6) is 0.607. The van der Waals surface area contributed by atoms with Crippen molar-refractivity contribution in [2.45, 2.75) is 26.4 Å². The van der Waals surface area contributed by atoms with E-state index in [1.165, 1.54) is 11.1 Å². The lowest BCUT2D eigenvalue weighted by Crippen LogP contribution is -2.01. The summed E-state index contributed by atoms with van der Waals surface area (Å²) in [7, 11) is 0. The molecule has 0 saturated heterocycles. The number of fused-ring (bicyclic) bond motifs is 1. The average Bonchev–Trinajstić information content (AvgIpc) is 2.83. The average molecular weight is 345 g/mol. The van der Waals surface area contributed by atoms with E-state index in [-0.39, 0.29) is 0 Å². The molecule has 0 bridgehead atoms. The summed E-state index contributed by atoms with van der Waals surface area (Å²) in [6.45, 7) is 4.14. The van der Waals surface area contributed by atoms with Crippen molar-refractivity contribution in [2.75, 3.05) is 0 Å². The van der Waals surface area contributed by atoms with Crippen LogP contribution in [0.15, 0.2) is 51.4 Å². The first-order valence-corrected chi connectivity index (χ1v) is 7.75. The standard InChI is InChI=1S/C18H17BrO2/c1-11-6-12(2)8-13(7-11)9-16(20)17-10-14-4-3-5-15(19)18(14)21-17/h3-8,10,16,20H,9H2,1-2H3. The summed E-state index contributed by atoms with van der Waals surface area (Å²) in [4.78, 5) is 0.